The van der Waals surface area contributed by atoms with Gasteiger partial charge in [-0.3, -0.25) is 0 Å². The van der Waals surface area contributed by atoms with Gasteiger partial charge in [-0.2, -0.15) is 0 Å². The third kappa shape index (κ3) is 1.65. The van der Waals surface area contributed by atoms with Gasteiger partial charge < -0.3 is 14.9 Å². The summed E-state index contributed by atoms with van der Waals surface area (Å²) in [4.78, 5) is 0. The summed E-state index contributed by atoms with van der Waals surface area (Å²) in [5.74, 6) is 0.882. The minimum absolute atomic E-state index is 0.150. The number of aliphatic hydroxyl groups excluding tert-OH is 1. The molecule has 1 aliphatic heterocycles. The van der Waals surface area contributed by atoms with Crippen LogP contribution in [0.15, 0.2) is 18.2 Å². The van der Waals surface area contributed by atoms with Gasteiger partial charge in [0.2, 0.25) is 0 Å². The van der Waals surface area contributed by atoms with Crippen molar-refractivity contribution in [3.8, 4) is 11.5 Å². The van der Waals surface area contributed by atoms with E-state index >= 15 is 0 Å². The zero-order valence-corrected chi connectivity index (χ0v) is 9.03. The number of hydrogen-bond donors (Lipinski definition) is 2. The quantitative estimate of drug-likeness (QED) is 0.686. The molecule has 3 nitrogen and oxygen atoms in total. The van der Waals surface area contributed by atoms with Crippen LogP contribution in [0.4, 0.5) is 0 Å². The Morgan fingerprint density at radius 3 is 2.53 bits per heavy atom. The molecule has 0 saturated carbocycles. The van der Waals surface area contributed by atoms with Crippen LogP contribution in [0.2, 0.25) is 0 Å². The first kappa shape index (κ1) is 9.90. The topological polar surface area (TPSA) is 49.7 Å². The zero-order chi connectivity index (χ0) is 11.2. The van der Waals surface area contributed by atoms with E-state index in [4.69, 9.17) is 4.74 Å². The molecule has 0 unspecified atom stereocenters. The third-order valence-corrected chi connectivity index (χ3v) is 2.40. The molecule has 1 aromatic rings. The first-order valence-electron chi connectivity index (χ1n) is 4.84. The maximum atomic E-state index is 9.87. The van der Waals surface area contributed by atoms with Gasteiger partial charge in [-0.25, -0.2) is 0 Å². The van der Waals surface area contributed by atoms with Crippen molar-refractivity contribution in [2.75, 3.05) is 0 Å². The summed E-state index contributed by atoms with van der Waals surface area (Å²) < 4.78 is 5.65. The smallest absolute Gasteiger partial charge is 0.135 e. The lowest BCUT2D eigenvalue weighted by molar-refractivity contribution is 0.153. The number of hydrogen-bond acceptors (Lipinski definition) is 3. The summed E-state index contributed by atoms with van der Waals surface area (Å²) >= 11 is 0. The van der Waals surface area contributed by atoms with Gasteiger partial charge in [-0.1, -0.05) is 0 Å². The zero-order valence-electron chi connectivity index (χ0n) is 9.03. The fraction of sp³-hybridized carbons (Fsp3) is 0.333. The van der Waals surface area contributed by atoms with Crippen LogP contribution in [0.3, 0.4) is 0 Å². The summed E-state index contributed by atoms with van der Waals surface area (Å²) in [7, 11) is 0. The number of ether oxygens (including phenoxy) is 1. The Morgan fingerprint density at radius 2 is 1.87 bits per heavy atom. The monoisotopic (exact) mass is 206 g/mol. The highest BCUT2D eigenvalue weighted by Crippen LogP contribution is 2.38. The summed E-state index contributed by atoms with van der Waals surface area (Å²) in [5.41, 5.74) is 0.915. The predicted octanol–water partition coefficient (Wildman–Crippen LogP) is 2.77. The summed E-state index contributed by atoms with van der Waals surface area (Å²) in [6.45, 7) is 5.53. The van der Waals surface area contributed by atoms with E-state index in [-0.39, 0.29) is 11.5 Å². The van der Waals surface area contributed by atoms with Gasteiger partial charge in [0.05, 0.1) is 5.56 Å². The lowest BCUT2D eigenvalue weighted by atomic mass is 9.97. The van der Waals surface area contributed by atoms with Crippen molar-refractivity contribution in [1.82, 2.24) is 0 Å². The normalized spacial score (nSPS) is 17.7. The van der Waals surface area contributed by atoms with Crippen LogP contribution in [0.25, 0.3) is 5.76 Å². The van der Waals surface area contributed by atoms with E-state index in [0.29, 0.717) is 11.3 Å². The van der Waals surface area contributed by atoms with Crippen molar-refractivity contribution in [1.29, 1.82) is 0 Å². The highest BCUT2D eigenvalue weighted by atomic mass is 16.5. The molecule has 0 bridgehead atoms. The predicted molar refractivity (Wildman–Crippen MR) is 58.2 cm³/mol. The number of aliphatic hydroxyl groups is 1. The number of aryl methyl sites for hydroxylation is 1. The number of rotatable bonds is 0. The van der Waals surface area contributed by atoms with E-state index in [1.54, 1.807) is 12.1 Å². The molecule has 0 fully saturated rings. The minimum atomic E-state index is -0.544. The molecule has 3 heteroatoms. The summed E-state index contributed by atoms with van der Waals surface area (Å²) in [6.07, 6.45) is 1.67. The van der Waals surface area contributed by atoms with Crippen LogP contribution in [-0.4, -0.2) is 15.8 Å². The van der Waals surface area contributed by atoms with Crippen molar-refractivity contribution in [2.45, 2.75) is 26.4 Å². The lowest BCUT2D eigenvalue weighted by Crippen LogP contribution is -2.29. The molecular formula is C12H14O3. The van der Waals surface area contributed by atoms with E-state index in [1.807, 2.05) is 20.8 Å². The van der Waals surface area contributed by atoms with Gasteiger partial charge in [0.25, 0.3) is 0 Å². The molecule has 0 atom stereocenters. The van der Waals surface area contributed by atoms with Crippen LogP contribution in [0, 0.1) is 6.92 Å². The fourth-order valence-corrected chi connectivity index (χ4v) is 1.86. The molecule has 2 N–H and O–H groups in total. The molecule has 1 aliphatic rings. The van der Waals surface area contributed by atoms with Gasteiger partial charge >= 0.3 is 0 Å². The Labute approximate surface area is 88.6 Å². The Hall–Kier alpha value is -1.64. The molecular weight excluding hydrogens is 192 g/mol. The molecule has 0 spiro atoms. The van der Waals surface area contributed by atoms with Crippen LogP contribution < -0.4 is 4.74 Å². The second-order valence-corrected chi connectivity index (χ2v) is 4.37. The van der Waals surface area contributed by atoms with E-state index in [9.17, 15) is 10.2 Å². The Balaban J connectivity index is 2.65. The number of phenols is 1. The minimum Gasteiger partial charge on any atom is -0.508 e. The average Bonchev–Trinajstić information content (AvgIpc) is 1.97. The standard InChI is InChI=1S/C12H14O3/c1-7-4-8(13)5-10-11(7)9(14)6-12(2,3)15-10/h4-6,13-14H,1-3H3. The van der Waals surface area contributed by atoms with Crippen molar-refractivity contribution in [2.24, 2.45) is 0 Å². The van der Waals surface area contributed by atoms with Gasteiger partial charge in [0.1, 0.15) is 22.9 Å². The number of fused-ring (bicyclic) bond motifs is 1. The van der Waals surface area contributed by atoms with Crippen molar-refractivity contribution in [3.63, 3.8) is 0 Å². The van der Waals surface area contributed by atoms with Crippen LogP contribution in [0.5, 0.6) is 11.5 Å². The van der Waals surface area contributed by atoms with E-state index in [0.717, 1.165) is 5.56 Å². The van der Waals surface area contributed by atoms with Crippen LogP contribution >= 0.6 is 0 Å². The third-order valence-electron chi connectivity index (χ3n) is 2.40. The molecule has 2 rings (SSSR count). The van der Waals surface area contributed by atoms with Crippen molar-refractivity contribution in [3.05, 3.63) is 29.3 Å². The first-order valence-corrected chi connectivity index (χ1v) is 4.84. The van der Waals surface area contributed by atoms with Crippen LogP contribution in [0.1, 0.15) is 25.0 Å². The van der Waals surface area contributed by atoms with Gasteiger partial charge in [-0.15, -0.1) is 0 Å². The average molecular weight is 206 g/mol. The highest BCUT2D eigenvalue weighted by molar-refractivity contribution is 5.71. The van der Waals surface area contributed by atoms with E-state index in [1.165, 1.54) is 6.07 Å². The van der Waals surface area contributed by atoms with Crippen molar-refractivity contribution < 1.29 is 14.9 Å². The summed E-state index contributed by atoms with van der Waals surface area (Å²) in [5, 5.41) is 19.3. The SMILES string of the molecule is Cc1cc(O)cc2c1C(O)=CC(C)(C)O2. The van der Waals surface area contributed by atoms with Gasteiger partial charge in [-0.05, 0) is 32.4 Å². The Kier molecular flexibility index (Phi) is 1.93. The highest BCUT2D eigenvalue weighted by Gasteiger charge is 2.27. The molecule has 15 heavy (non-hydrogen) atoms. The molecule has 0 aliphatic carbocycles. The molecule has 0 amide bonds. The molecule has 80 valence electrons. The molecule has 0 saturated heterocycles. The molecule has 1 heterocycles. The van der Waals surface area contributed by atoms with Gasteiger partial charge in [0.15, 0.2) is 0 Å². The fourth-order valence-electron chi connectivity index (χ4n) is 1.86. The molecule has 0 aromatic heterocycles. The van der Waals surface area contributed by atoms with Crippen LogP contribution in [-0.2, 0) is 0 Å². The molecule has 0 radical (unpaired) electrons. The Morgan fingerprint density at radius 1 is 1.20 bits per heavy atom. The van der Waals surface area contributed by atoms with E-state index in [2.05, 4.69) is 0 Å². The Bertz CT molecular complexity index is 444. The van der Waals surface area contributed by atoms with E-state index < -0.39 is 5.60 Å². The maximum Gasteiger partial charge on any atom is 0.135 e. The largest absolute Gasteiger partial charge is 0.508 e. The second-order valence-electron chi connectivity index (χ2n) is 4.37. The number of benzene rings is 1. The van der Waals surface area contributed by atoms with Crippen molar-refractivity contribution >= 4 is 5.76 Å². The number of aromatic hydroxyl groups is 1. The maximum absolute atomic E-state index is 9.87. The first-order chi connectivity index (χ1) is 6.89. The second kappa shape index (κ2) is 2.92. The lowest BCUT2D eigenvalue weighted by Gasteiger charge is -2.29. The summed E-state index contributed by atoms with van der Waals surface area (Å²) in [6, 6.07) is 3.12. The molecule has 1 aromatic carbocycles. The number of phenolic OH excluding ortho intramolecular Hbond substituents is 1. The van der Waals surface area contributed by atoms with Gasteiger partial charge in [0, 0.05) is 12.1 Å².